The number of amides is 2. The Labute approximate surface area is 185 Å². The van der Waals surface area contributed by atoms with Crippen molar-refractivity contribution in [3.8, 4) is 0 Å². The molecule has 2 N–H and O–H groups in total. The molecule has 2 fully saturated rings. The van der Waals surface area contributed by atoms with Gasteiger partial charge in [0.05, 0.1) is 12.6 Å². The van der Waals surface area contributed by atoms with E-state index in [4.69, 9.17) is 4.74 Å². The molecule has 1 aliphatic heterocycles. The molecule has 6 nitrogen and oxygen atoms in total. The first-order chi connectivity index (χ1) is 14.9. The van der Waals surface area contributed by atoms with Crippen molar-refractivity contribution in [3.05, 3.63) is 35.1 Å². The molecular weight excluding hydrogens is 425 g/mol. The number of cyclic esters (lactones) is 1. The maximum atomic E-state index is 14.6. The number of Topliss-reactive ketones (excluding diaryl/α,β-unsaturated/α-hetero) is 1. The van der Waals surface area contributed by atoms with Crippen LogP contribution in [0, 0.1) is 11.7 Å². The maximum absolute atomic E-state index is 14.6. The Morgan fingerprint density at radius 3 is 2.44 bits per heavy atom. The highest BCUT2D eigenvalue weighted by Gasteiger charge is 2.41. The number of rotatable bonds is 6. The second-order valence-electron chi connectivity index (χ2n) is 9.66. The summed E-state index contributed by atoms with van der Waals surface area (Å²) in [6.07, 6.45) is -2.57. The largest absolute Gasteiger partial charge is 0.434 e. The predicted octanol–water partition coefficient (Wildman–Crippen LogP) is 3.65. The molecule has 9 heteroatoms. The van der Waals surface area contributed by atoms with Crippen LogP contribution in [-0.4, -0.2) is 42.4 Å². The molecule has 1 aromatic carbocycles. The van der Waals surface area contributed by atoms with Crippen molar-refractivity contribution in [3.63, 3.8) is 0 Å². The molecule has 2 amide bonds. The Hall–Kier alpha value is -2.58. The molecular formula is C23H29F3N2O4. The molecule has 1 aliphatic carbocycles. The van der Waals surface area contributed by atoms with Crippen LogP contribution in [0.15, 0.2) is 18.2 Å². The van der Waals surface area contributed by atoms with Gasteiger partial charge in [0, 0.05) is 19.3 Å². The monoisotopic (exact) mass is 454 g/mol. The quantitative estimate of drug-likeness (QED) is 0.687. The third kappa shape index (κ3) is 5.81. The SMILES string of the molecule is CC(C)(C)c1ccc(CC(=O)[C@H](NC(=O)C2CNC(=O)O2)C2CCC(F)(F)CC2)cc1F. The second kappa shape index (κ2) is 9.11. The first-order valence-electron chi connectivity index (χ1n) is 10.8. The normalized spacial score (nSPS) is 22.1. The van der Waals surface area contributed by atoms with Crippen LogP contribution in [0.25, 0.3) is 0 Å². The Morgan fingerprint density at radius 2 is 1.91 bits per heavy atom. The van der Waals surface area contributed by atoms with E-state index in [9.17, 15) is 27.6 Å². The smallest absolute Gasteiger partial charge is 0.408 e. The van der Waals surface area contributed by atoms with Gasteiger partial charge in [-0.3, -0.25) is 9.59 Å². The molecule has 32 heavy (non-hydrogen) atoms. The third-order valence-electron chi connectivity index (χ3n) is 6.07. The van der Waals surface area contributed by atoms with E-state index in [1.54, 1.807) is 12.1 Å². The predicted molar refractivity (Wildman–Crippen MR) is 111 cm³/mol. The summed E-state index contributed by atoms with van der Waals surface area (Å²) in [4.78, 5) is 36.9. The van der Waals surface area contributed by atoms with E-state index in [1.165, 1.54) is 6.07 Å². The zero-order valence-corrected chi connectivity index (χ0v) is 18.5. The number of ketones is 1. The average Bonchev–Trinajstić information content (AvgIpc) is 3.12. The molecule has 3 rings (SSSR count). The lowest BCUT2D eigenvalue weighted by Crippen LogP contribution is -2.51. The molecule has 1 aromatic rings. The highest BCUT2D eigenvalue weighted by molar-refractivity contribution is 5.93. The zero-order valence-electron chi connectivity index (χ0n) is 18.5. The van der Waals surface area contributed by atoms with Crippen molar-refractivity contribution in [2.45, 2.75) is 76.4 Å². The first-order valence-corrected chi connectivity index (χ1v) is 10.8. The highest BCUT2D eigenvalue weighted by Crippen LogP contribution is 2.38. The molecule has 2 aliphatic rings. The van der Waals surface area contributed by atoms with Crippen molar-refractivity contribution in [1.29, 1.82) is 0 Å². The molecule has 176 valence electrons. The number of hydrogen-bond acceptors (Lipinski definition) is 4. The lowest BCUT2D eigenvalue weighted by molar-refractivity contribution is -0.134. The molecule has 1 unspecified atom stereocenters. The minimum absolute atomic E-state index is 0.0339. The van der Waals surface area contributed by atoms with E-state index in [1.807, 2.05) is 20.8 Å². The van der Waals surface area contributed by atoms with E-state index >= 15 is 0 Å². The van der Waals surface area contributed by atoms with Crippen LogP contribution >= 0.6 is 0 Å². The molecule has 0 spiro atoms. The van der Waals surface area contributed by atoms with Gasteiger partial charge in [0.1, 0.15) is 5.82 Å². The first kappa shape index (κ1) is 24.1. The van der Waals surface area contributed by atoms with Gasteiger partial charge in [-0.1, -0.05) is 32.9 Å². The molecule has 0 radical (unpaired) electrons. The number of nitrogens with one attached hydrogen (secondary N) is 2. The fraction of sp³-hybridized carbons (Fsp3) is 0.609. The van der Waals surface area contributed by atoms with Gasteiger partial charge >= 0.3 is 6.09 Å². The molecule has 1 saturated heterocycles. The topological polar surface area (TPSA) is 84.5 Å². The number of alkyl halides is 2. The lowest BCUT2D eigenvalue weighted by atomic mass is 9.79. The summed E-state index contributed by atoms with van der Waals surface area (Å²) in [5.74, 6) is -4.74. The molecule has 0 aromatic heterocycles. The van der Waals surface area contributed by atoms with Gasteiger partial charge in [-0.2, -0.15) is 0 Å². The third-order valence-corrected chi connectivity index (χ3v) is 6.07. The number of benzene rings is 1. The molecule has 2 atom stereocenters. The highest BCUT2D eigenvalue weighted by atomic mass is 19.3. The molecule has 1 saturated carbocycles. The minimum Gasteiger partial charge on any atom is -0.434 e. The second-order valence-corrected chi connectivity index (χ2v) is 9.66. The summed E-state index contributed by atoms with van der Waals surface area (Å²) in [5, 5.41) is 4.96. The lowest BCUT2D eigenvalue weighted by Gasteiger charge is -2.33. The fourth-order valence-corrected chi connectivity index (χ4v) is 4.23. The van der Waals surface area contributed by atoms with Crippen molar-refractivity contribution >= 4 is 17.8 Å². The summed E-state index contributed by atoms with van der Waals surface area (Å²) in [7, 11) is 0. The summed E-state index contributed by atoms with van der Waals surface area (Å²) in [6, 6.07) is 3.58. The van der Waals surface area contributed by atoms with Gasteiger partial charge < -0.3 is 15.4 Å². The summed E-state index contributed by atoms with van der Waals surface area (Å²) in [5.41, 5.74) is 0.557. The van der Waals surface area contributed by atoms with Crippen LogP contribution < -0.4 is 10.6 Å². The Bertz CT molecular complexity index is 888. The fourth-order valence-electron chi connectivity index (χ4n) is 4.23. The van der Waals surface area contributed by atoms with Gasteiger partial charge in [0.2, 0.25) is 5.92 Å². The zero-order chi connectivity index (χ0) is 23.7. The van der Waals surface area contributed by atoms with Crippen LogP contribution in [0.4, 0.5) is 18.0 Å². The maximum Gasteiger partial charge on any atom is 0.408 e. The van der Waals surface area contributed by atoms with Gasteiger partial charge in [-0.05, 0) is 41.4 Å². The van der Waals surface area contributed by atoms with E-state index in [0.29, 0.717) is 11.1 Å². The standard InChI is InChI=1S/C23H29F3N2O4/c1-22(2,3)15-5-4-13(10-16(15)24)11-17(29)19(14-6-8-23(25,26)9-7-14)28-20(30)18-12-27-21(31)32-18/h4-5,10,14,18-19H,6-9,11-12H2,1-3H3,(H,27,31)(H,28,30)/t18?,19-/m1/s1. The van der Waals surface area contributed by atoms with Crippen LogP contribution in [-0.2, 0) is 26.2 Å². The summed E-state index contributed by atoms with van der Waals surface area (Å²) < 4.78 is 46.7. The van der Waals surface area contributed by atoms with Gasteiger partial charge in [-0.15, -0.1) is 0 Å². The van der Waals surface area contributed by atoms with Crippen molar-refractivity contribution in [1.82, 2.24) is 10.6 Å². The number of carbonyl (C=O) groups is 3. The number of hydrogen-bond donors (Lipinski definition) is 2. The van der Waals surface area contributed by atoms with Crippen LogP contribution in [0.1, 0.15) is 57.6 Å². The van der Waals surface area contributed by atoms with Crippen LogP contribution in [0.3, 0.4) is 0 Å². The van der Waals surface area contributed by atoms with Crippen molar-refractivity contribution in [2.24, 2.45) is 5.92 Å². The number of alkyl carbamates (subject to hydrolysis) is 1. The Balaban J connectivity index is 1.76. The Kier molecular flexibility index (Phi) is 6.86. The number of carbonyl (C=O) groups excluding carboxylic acids is 3. The average molecular weight is 454 g/mol. The molecule has 1 heterocycles. The number of ether oxygens (including phenoxy) is 1. The van der Waals surface area contributed by atoms with Crippen LogP contribution in [0.2, 0.25) is 0 Å². The van der Waals surface area contributed by atoms with Crippen molar-refractivity contribution < 1.29 is 32.3 Å². The molecule has 0 bridgehead atoms. The van der Waals surface area contributed by atoms with Gasteiger partial charge in [0.15, 0.2) is 11.9 Å². The van der Waals surface area contributed by atoms with E-state index in [2.05, 4.69) is 10.6 Å². The minimum atomic E-state index is -2.79. The van der Waals surface area contributed by atoms with E-state index < -0.39 is 53.0 Å². The van der Waals surface area contributed by atoms with E-state index in [0.717, 1.165) is 0 Å². The Morgan fingerprint density at radius 1 is 1.25 bits per heavy atom. The van der Waals surface area contributed by atoms with E-state index in [-0.39, 0.29) is 38.6 Å². The van der Waals surface area contributed by atoms with Crippen molar-refractivity contribution in [2.75, 3.05) is 6.54 Å². The van der Waals surface area contributed by atoms with Crippen LogP contribution in [0.5, 0.6) is 0 Å². The van der Waals surface area contributed by atoms with Gasteiger partial charge in [0.25, 0.3) is 5.91 Å². The number of halogens is 3. The summed E-state index contributed by atoms with van der Waals surface area (Å²) in [6.45, 7) is 5.61. The summed E-state index contributed by atoms with van der Waals surface area (Å²) >= 11 is 0. The van der Waals surface area contributed by atoms with Gasteiger partial charge in [-0.25, -0.2) is 18.0 Å².